The van der Waals surface area contributed by atoms with Crippen LogP contribution in [0.5, 0.6) is 0 Å². The van der Waals surface area contributed by atoms with Crippen molar-refractivity contribution < 1.29 is 20.1 Å². The molecule has 2 atom stereocenters. The number of carboxylic acids is 1. The number of carbonyl (C=O) groups is 1. The molecule has 0 aromatic carbocycles. The standard InChI is InChI=1S/C14H19NO4/c16-10-12(5-2-1-3-7-13(17)18)14(19)11-6-4-8-15-9-11/h1-2,4,6,8-9,12,14,16,19H,3,5,7,10H2,(H,17,18)/b2-1-. The maximum atomic E-state index is 10.3. The molecule has 0 saturated heterocycles. The fraction of sp³-hybridized carbons (Fsp3) is 0.429. The van der Waals surface area contributed by atoms with Gasteiger partial charge in [-0.05, 0) is 24.5 Å². The Hall–Kier alpha value is -1.72. The summed E-state index contributed by atoms with van der Waals surface area (Å²) in [6, 6.07) is 3.49. The molecule has 19 heavy (non-hydrogen) atoms. The Balaban J connectivity index is 2.47. The van der Waals surface area contributed by atoms with E-state index in [2.05, 4.69) is 4.98 Å². The van der Waals surface area contributed by atoms with Crippen LogP contribution in [0.25, 0.3) is 0 Å². The maximum Gasteiger partial charge on any atom is 0.303 e. The zero-order chi connectivity index (χ0) is 14.1. The van der Waals surface area contributed by atoms with Gasteiger partial charge in [0, 0.05) is 31.3 Å². The number of aliphatic hydroxyl groups is 2. The highest BCUT2D eigenvalue weighted by molar-refractivity contribution is 5.66. The number of aromatic nitrogens is 1. The van der Waals surface area contributed by atoms with Gasteiger partial charge in [0.1, 0.15) is 0 Å². The molecule has 1 aromatic heterocycles. The molecule has 1 aromatic rings. The van der Waals surface area contributed by atoms with Crippen molar-refractivity contribution in [3.05, 3.63) is 42.2 Å². The third-order valence-corrected chi connectivity index (χ3v) is 2.84. The smallest absolute Gasteiger partial charge is 0.303 e. The van der Waals surface area contributed by atoms with Gasteiger partial charge in [-0.3, -0.25) is 9.78 Å². The number of pyridine rings is 1. The predicted octanol–water partition coefficient (Wildman–Crippen LogP) is 1.53. The summed E-state index contributed by atoms with van der Waals surface area (Å²) in [5, 5.41) is 27.9. The van der Waals surface area contributed by atoms with Crippen LogP contribution in [-0.2, 0) is 4.79 Å². The summed E-state index contributed by atoms with van der Waals surface area (Å²) in [5.74, 6) is -1.15. The van der Waals surface area contributed by atoms with E-state index in [-0.39, 0.29) is 18.9 Å². The van der Waals surface area contributed by atoms with Crippen LogP contribution in [0.2, 0.25) is 0 Å². The average Bonchev–Trinajstić information content (AvgIpc) is 2.43. The lowest BCUT2D eigenvalue weighted by Crippen LogP contribution is -2.16. The molecule has 2 unspecified atom stereocenters. The van der Waals surface area contributed by atoms with E-state index >= 15 is 0 Å². The third-order valence-electron chi connectivity index (χ3n) is 2.84. The van der Waals surface area contributed by atoms with Gasteiger partial charge in [-0.25, -0.2) is 0 Å². The number of aliphatic hydroxyl groups excluding tert-OH is 2. The minimum absolute atomic E-state index is 0.0887. The molecule has 0 saturated carbocycles. The molecule has 5 nitrogen and oxygen atoms in total. The molecule has 0 aliphatic rings. The molecule has 0 spiro atoms. The van der Waals surface area contributed by atoms with Crippen molar-refractivity contribution >= 4 is 5.97 Å². The molecule has 0 aliphatic carbocycles. The second-order valence-electron chi connectivity index (χ2n) is 4.31. The topological polar surface area (TPSA) is 90.7 Å². The van der Waals surface area contributed by atoms with Gasteiger partial charge in [0.25, 0.3) is 0 Å². The van der Waals surface area contributed by atoms with Crippen molar-refractivity contribution in [2.45, 2.75) is 25.4 Å². The summed E-state index contributed by atoms with van der Waals surface area (Å²) in [5.41, 5.74) is 0.667. The lowest BCUT2D eigenvalue weighted by atomic mass is 9.94. The van der Waals surface area contributed by atoms with Crippen LogP contribution in [0.15, 0.2) is 36.7 Å². The van der Waals surface area contributed by atoms with Gasteiger partial charge in [0.2, 0.25) is 0 Å². The van der Waals surface area contributed by atoms with Gasteiger partial charge in [0.15, 0.2) is 0 Å². The van der Waals surface area contributed by atoms with Crippen molar-refractivity contribution in [2.24, 2.45) is 5.92 Å². The van der Waals surface area contributed by atoms with E-state index in [9.17, 15) is 15.0 Å². The molecule has 3 N–H and O–H groups in total. The number of allylic oxidation sites excluding steroid dienone is 2. The first-order chi connectivity index (χ1) is 9.15. The van der Waals surface area contributed by atoms with E-state index in [4.69, 9.17) is 5.11 Å². The largest absolute Gasteiger partial charge is 0.481 e. The van der Waals surface area contributed by atoms with E-state index in [1.165, 1.54) is 0 Å². The summed E-state index contributed by atoms with van der Waals surface area (Å²) in [4.78, 5) is 14.3. The lowest BCUT2D eigenvalue weighted by Gasteiger charge is -2.19. The Bertz CT molecular complexity index is 405. The highest BCUT2D eigenvalue weighted by Crippen LogP contribution is 2.24. The SMILES string of the molecule is O=C(O)CC/C=C\CC(CO)C(O)c1cccnc1. The van der Waals surface area contributed by atoms with Crippen LogP contribution in [-0.4, -0.2) is 32.9 Å². The van der Waals surface area contributed by atoms with Gasteiger partial charge >= 0.3 is 5.97 Å². The normalized spacial score (nSPS) is 14.4. The van der Waals surface area contributed by atoms with Gasteiger partial charge < -0.3 is 15.3 Å². The molecule has 5 heteroatoms. The third kappa shape index (κ3) is 5.63. The average molecular weight is 265 g/mol. The highest BCUT2D eigenvalue weighted by atomic mass is 16.4. The monoisotopic (exact) mass is 265 g/mol. The number of nitrogens with zero attached hydrogens (tertiary/aromatic N) is 1. The van der Waals surface area contributed by atoms with Crippen LogP contribution in [0.3, 0.4) is 0 Å². The first-order valence-electron chi connectivity index (χ1n) is 6.20. The van der Waals surface area contributed by atoms with E-state index < -0.39 is 12.1 Å². The van der Waals surface area contributed by atoms with Gasteiger partial charge in [-0.15, -0.1) is 0 Å². The Morgan fingerprint density at radius 2 is 2.21 bits per heavy atom. The molecule has 0 fully saturated rings. The van der Waals surface area contributed by atoms with Gasteiger partial charge in [0.05, 0.1) is 6.10 Å². The zero-order valence-electron chi connectivity index (χ0n) is 10.6. The fourth-order valence-electron chi connectivity index (χ4n) is 1.72. The number of hydrogen-bond acceptors (Lipinski definition) is 4. The molecule has 0 amide bonds. The summed E-state index contributed by atoms with van der Waals surface area (Å²) in [6.45, 7) is -0.140. The summed E-state index contributed by atoms with van der Waals surface area (Å²) >= 11 is 0. The number of aliphatic carboxylic acids is 1. The molecular formula is C14H19NO4. The molecule has 1 heterocycles. The number of hydrogen-bond donors (Lipinski definition) is 3. The Kier molecular flexibility index (Phi) is 6.78. The minimum atomic E-state index is -0.834. The van der Waals surface area contributed by atoms with E-state index in [0.717, 1.165) is 0 Å². The molecule has 0 bridgehead atoms. The van der Waals surface area contributed by atoms with Crippen LogP contribution >= 0.6 is 0 Å². The van der Waals surface area contributed by atoms with E-state index in [1.807, 2.05) is 0 Å². The number of rotatable bonds is 8. The van der Waals surface area contributed by atoms with Crippen molar-refractivity contribution in [2.75, 3.05) is 6.61 Å². The number of carboxylic acid groups (broad SMARTS) is 1. The molecule has 0 radical (unpaired) electrons. The Morgan fingerprint density at radius 1 is 1.42 bits per heavy atom. The minimum Gasteiger partial charge on any atom is -0.481 e. The van der Waals surface area contributed by atoms with Crippen molar-refractivity contribution in [1.29, 1.82) is 0 Å². The highest BCUT2D eigenvalue weighted by Gasteiger charge is 2.18. The first-order valence-corrected chi connectivity index (χ1v) is 6.20. The maximum absolute atomic E-state index is 10.3. The van der Waals surface area contributed by atoms with E-state index in [1.54, 1.807) is 36.7 Å². The molecule has 0 aliphatic heterocycles. The van der Waals surface area contributed by atoms with Crippen molar-refractivity contribution in [3.63, 3.8) is 0 Å². The Morgan fingerprint density at radius 3 is 2.79 bits per heavy atom. The first kappa shape index (κ1) is 15.3. The van der Waals surface area contributed by atoms with Crippen molar-refractivity contribution in [3.8, 4) is 0 Å². The second kappa shape index (κ2) is 8.39. The quantitative estimate of drug-likeness (QED) is 0.620. The predicted molar refractivity (Wildman–Crippen MR) is 70.4 cm³/mol. The summed E-state index contributed by atoms with van der Waals surface area (Å²) in [7, 11) is 0. The summed E-state index contributed by atoms with van der Waals surface area (Å²) < 4.78 is 0. The second-order valence-corrected chi connectivity index (χ2v) is 4.31. The fourth-order valence-corrected chi connectivity index (χ4v) is 1.72. The lowest BCUT2D eigenvalue weighted by molar-refractivity contribution is -0.136. The van der Waals surface area contributed by atoms with Gasteiger partial charge in [-0.2, -0.15) is 0 Å². The summed E-state index contributed by atoms with van der Waals surface area (Å²) in [6.07, 6.45) is 7.00. The Labute approximate surface area is 112 Å². The van der Waals surface area contributed by atoms with Crippen LogP contribution in [0.4, 0.5) is 0 Å². The molecule has 1 rings (SSSR count). The zero-order valence-corrected chi connectivity index (χ0v) is 10.6. The van der Waals surface area contributed by atoms with E-state index in [0.29, 0.717) is 18.4 Å². The van der Waals surface area contributed by atoms with Gasteiger partial charge in [-0.1, -0.05) is 18.2 Å². The molecule has 104 valence electrons. The van der Waals surface area contributed by atoms with Crippen LogP contribution in [0, 0.1) is 5.92 Å². The molecular weight excluding hydrogens is 246 g/mol. The van der Waals surface area contributed by atoms with Crippen LogP contribution < -0.4 is 0 Å². The van der Waals surface area contributed by atoms with Crippen molar-refractivity contribution in [1.82, 2.24) is 4.98 Å². The van der Waals surface area contributed by atoms with Crippen LogP contribution in [0.1, 0.15) is 30.9 Å².